The van der Waals surface area contributed by atoms with Gasteiger partial charge < -0.3 is 0 Å². The Bertz CT molecular complexity index is 673. The molecule has 0 saturated heterocycles. The minimum Gasteiger partial charge on any atom is -0.0648 e. The highest BCUT2D eigenvalue weighted by Gasteiger charge is 2.18. The summed E-state index contributed by atoms with van der Waals surface area (Å²) in [5.74, 6) is 1.17. The van der Waals surface area contributed by atoms with Crippen LogP contribution in [0, 0.1) is 0 Å². The van der Waals surface area contributed by atoms with Crippen molar-refractivity contribution in [2.24, 2.45) is 0 Å². The van der Waals surface area contributed by atoms with E-state index in [0.29, 0.717) is 11.8 Å². The molecule has 3 rings (SSSR count). The molecule has 2 unspecified atom stereocenters. The molecule has 0 heterocycles. The average molecular weight is 290 g/mol. The Hall–Kier alpha value is -1.82. The fourth-order valence-corrected chi connectivity index (χ4v) is 3.67. The molecule has 0 saturated carbocycles. The molecule has 0 amide bonds. The highest BCUT2D eigenvalue weighted by molar-refractivity contribution is 6.06. The van der Waals surface area contributed by atoms with E-state index in [2.05, 4.69) is 76.2 Å². The largest absolute Gasteiger partial charge is 0.0648 e. The lowest BCUT2D eigenvalue weighted by Crippen LogP contribution is -2.01. The fraction of sp³-hybridized carbons (Fsp3) is 0.364. The first-order chi connectivity index (χ1) is 10.7. The van der Waals surface area contributed by atoms with Gasteiger partial charge in [0.25, 0.3) is 0 Å². The van der Waals surface area contributed by atoms with Crippen LogP contribution >= 0.6 is 0 Å². The summed E-state index contributed by atoms with van der Waals surface area (Å²) in [5, 5.41) is 5.80. The maximum Gasteiger partial charge on any atom is -0.0140 e. The standard InChI is InChI=1S/C22H26/c1-5-15(3)21-17-11-7-9-13-19(17)22(16(4)6-2)20-14-10-8-12-18(20)21/h7-16H,5-6H2,1-4H3. The third-order valence-electron chi connectivity index (χ3n) is 5.23. The molecule has 0 aliphatic rings. The van der Waals surface area contributed by atoms with E-state index in [-0.39, 0.29) is 0 Å². The Balaban J connectivity index is 2.53. The van der Waals surface area contributed by atoms with Gasteiger partial charge in [-0.15, -0.1) is 0 Å². The van der Waals surface area contributed by atoms with Gasteiger partial charge in [0.15, 0.2) is 0 Å². The lowest BCUT2D eigenvalue weighted by molar-refractivity contribution is 0.737. The third-order valence-corrected chi connectivity index (χ3v) is 5.23. The first kappa shape index (κ1) is 15.1. The van der Waals surface area contributed by atoms with Crippen molar-refractivity contribution in [3.63, 3.8) is 0 Å². The van der Waals surface area contributed by atoms with Gasteiger partial charge in [-0.05, 0) is 57.3 Å². The molecule has 0 aliphatic carbocycles. The monoisotopic (exact) mass is 290 g/mol. The summed E-state index contributed by atoms with van der Waals surface area (Å²) >= 11 is 0. The second-order valence-corrected chi connectivity index (χ2v) is 6.54. The van der Waals surface area contributed by atoms with E-state index in [9.17, 15) is 0 Å². The van der Waals surface area contributed by atoms with Gasteiger partial charge in [-0.3, -0.25) is 0 Å². The summed E-state index contributed by atoms with van der Waals surface area (Å²) in [5.41, 5.74) is 3.06. The molecule has 3 aromatic rings. The summed E-state index contributed by atoms with van der Waals surface area (Å²) in [6, 6.07) is 18.0. The Labute approximate surface area is 134 Å². The van der Waals surface area contributed by atoms with Gasteiger partial charge in [0.05, 0.1) is 0 Å². The molecule has 0 nitrogen and oxygen atoms in total. The number of benzene rings is 3. The predicted molar refractivity (Wildman–Crippen MR) is 98.9 cm³/mol. The summed E-state index contributed by atoms with van der Waals surface area (Å²) in [7, 11) is 0. The molecule has 114 valence electrons. The first-order valence-corrected chi connectivity index (χ1v) is 8.62. The van der Waals surface area contributed by atoms with Crippen LogP contribution in [0.15, 0.2) is 48.5 Å². The van der Waals surface area contributed by atoms with E-state index in [1.807, 2.05) is 0 Å². The van der Waals surface area contributed by atoms with Crippen molar-refractivity contribution < 1.29 is 0 Å². The Morgan fingerprint density at radius 3 is 1.09 bits per heavy atom. The van der Waals surface area contributed by atoms with Crippen molar-refractivity contribution in [3.8, 4) is 0 Å². The quantitative estimate of drug-likeness (QED) is 0.453. The Kier molecular flexibility index (Phi) is 4.20. The summed E-state index contributed by atoms with van der Waals surface area (Å²) < 4.78 is 0. The fourth-order valence-electron chi connectivity index (χ4n) is 3.67. The van der Waals surface area contributed by atoms with Crippen LogP contribution in [-0.2, 0) is 0 Å². The molecule has 0 aliphatic heterocycles. The molecule has 0 bridgehead atoms. The molecule has 22 heavy (non-hydrogen) atoms. The summed E-state index contributed by atoms with van der Waals surface area (Å²) in [6.45, 7) is 9.29. The maximum atomic E-state index is 2.36. The van der Waals surface area contributed by atoms with E-state index in [4.69, 9.17) is 0 Å². The van der Waals surface area contributed by atoms with Gasteiger partial charge in [0.2, 0.25) is 0 Å². The number of fused-ring (bicyclic) bond motifs is 2. The van der Waals surface area contributed by atoms with Crippen molar-refractivity contribution >= 4 is 21.5 Å². The van der Waals surface area contributed by atoms with Crippen LogP contribution in [-0.4, -0.2) is 0 Å². The number of rotatable bonds is 4. The van der Waals surface area contributed by atoms with Crippen LogP contribution < -0.4 is 0 Å². The van der Waals surface area contributed by atoms with E-state index < -0.39 is 0 Å². The van der Waals surface area contributed by atoms with Crippen LogP contribution in [0.25, 0.3) is 21.5 Å². The molecule has 2 atom stereocenters. The minimum absolute atomic E-state index is 0.584. The van der Waals surface area contributed by atoms with Crippen molar-refractivity contribution in [2.75, 3.05) is 0 Å². The van der Waals surface area contributed by atoms with Gasteiger partial charge in [-0.1, -0.05) is 76.2 Å². The van der Waals surface area contributed by atoms with Crippen molar-refractivity contribution in [2.45, 2.75) is 52.4 Å². The zero-order chi connectivity index (χ0) is 15.7. The predicted octanol–water partition coefficient (Wildman–Crippen LogP) is 7.02. The molecule has 0 fully saturated rings. The molecule has 0 spiro atoms. The van der Waals surface area contributed by atoms with Crippen molar-refractivity contribution in [1.82, 2.24) is 0 Å². The van der Waals surface area contributed by atoms with Crippen molar-refractivity contribution in [1.29, 1.82) is 0 Å². The molecule has 3 aromatic carbocycles. The number of hydrogen-bond acceptors (Lipinski definition) is 0. The van der Waals surface area contributed by atoms with E-state index in [1.54, 1.807) is 0 Å². The Morgan fingerprint density at radius 2 is 0.864 bits per heavy atom. The average Bonchev–Trinajstić information content (AvgIpc) is 2.58. The molecular weight excluding hydrogens is 264 g/mol. The van der Waals surface area contributed by atoms with Gasteiger partial charge in [0, 0.05) is 0 Å². The zero-order valence-electron chi connectivity index (χ0n) is 14.2. The second kappa shape index (κ2) is 6.12. The molecule has 0 heteroatoms. The molecule has 0 aromatic heterocycles. The number of hydrogen-bond donors (Lipinski definition) is 0. The summed E-state index contributed by atoms with van der Waals surface area (Å²) in [6.07, 6.45) is 2.35. The van der Waals surface area contributed by atoms with Crippen LogP contribution in [0.4, 0.5) is 0 Å². The van der Waals surface area contributed by atoms with E-state index in [1.165, 1.54) is 45.5 Å². The van der Waals surface area contributed by atoms with Gasteiger partial charge in [-0.25, -0.2) is 0 Å². The van der Waals surface area contributed by atoms with E-state index in [0.717, 1.165) is 0 Å². The lowest BCUT2D eigenvalue weighted by Gasteiger charge is -2.22. The minimum atomic E-state index is 0.584. The van der Waals surface area contributed by atoms with Gasteiger partial charge in [0.1, 0.15) is 0 Å². The third kappa shape index (κ3) is 2.31. The van der Waals surface area contributed by atoms with E-state index >= 15 is 0 Å². The normalized spacial score (nSPS) is 14.4. The summed E-state index contributed by atoms with van der Waals surface area (Å²) in [4.78, 5) is 0. The molecule has 0 radical (unpaired) electrons. The molecular formula is C22H26. The van der Waals surface area contributed by atoms with Crippen LogP contribution in [0.1, 0.15) is 63.5 Å². The maximum absolute atomic E-state index is 2.36. The topological polar surface area (TPSA) is 0 Å². The highest BCUT2D eigenvalue weighted by Crippen LogP contribution is 2.41. The van der Waals surface area contributed by atoms with Gasteiger partial charge >= 0.3 is 0 Å². The molecule has 0 N–H and O–H groups in total. The van der Waals surface area contributed by atoms with Crippen LogP contribution in [0.2, 0.25) is 0 Å². The highest BCUT2D eigenvalue weighted by atomic mass is 14.2. The Morgan fingerprint density at radius 1 is 0.591 bits per heavy atom. The SMILES string of the molecule is CCC(C)c1c2ccccc2c(C(C)CC)c2ccccc12. The van der Waals surface area contributed by atoms with Crippen molar-refractivity contribution in [3.05, 3.63) is 59.7 Å². The lowest BCUT2D eigenvalue weighted by atomic mass is 9.81. The zero-order valence-corrected chi connectivity index (χ0v) is 14.2. The second-order valence-electron chi connectivity index (χ2n) is 6.54. The van der Waals surface area contributed by atoms with Crippen LogP contribution in [0.3, 0.4) is 0 Å². The smallest absolute Gasteiger partial charge is 0.0140 e. The van der Waals surface area contributed by atoms with Crippen LogP contribution in [0.5, 0.6) is 0 Å². The van der Waals surface area contributed by atoms with Gasteiger partial charge in [-0.2, -0.15) is 0 Å². The first-order valence-electron chi connectivity index (χ1n) is 8.62.